The maximum Gasteiger partial charge on any atom is 0.257 e. The van der Waals surface area contributed by atoms with Gasteiger partial charge >= 0.3 is 0 Å². The van der Waals surface area contributed by atoms with Crippen molar-refractivity contribution in [2.24, 2.45) is 0 Å². The molecule has 8 heteroatoms. The zero-order valence-electron chi connectivity index (χ0n) is 17.4. The molecule has 0 radical (unpaired) electrons. The summed E-state index contributed by atoms with van der Waals surface area (Å²) < 4.78 is 13.9. The van der Waals surface area contributed by atoms with Gasteiger partial charge in [-0.15, -0.1) is 0 Å². The van der Waals surface area contributed by atoms with Gasteiger partial charge in [-0.3, -0.25) is 9.89 Å². The van der Waals surface area contributed by atoms with Crippen molar-refractivity contribution in [1.82, 2.24) is 25.1 Å². The number of halogens is 1. The van der Waals surface area contributed by atoms with Gasteiger partial charge in [0, 0.05) is 50.6 Å². The van der Waals surface area contributed by atoms with Crippen molar-refractivity contribution in [2.45, 2.75) is 25.7 Å². The molecule has 1 saturated heterocycles. The summed E-state index contributed by atoms with van der Waals surface area (Å²) in [6.45, 7) is 3.09. The first-order valence-electron chi connectivity index (χ1n) is 10.0. The zero-order valence-corrected chi connectivity index (χ0v) is 17.4. The SMILES string of the molecule is Cc1[nH]ncc1C(=O)N1CCC[C@@H](c2nc(N(C)C)ncc2-c2cccc(F)c2)C1. The number of hydrogen-bond donors (Lipinski definition) is 1. The first-order valence-corrected chi connectivity index (χ1v) is 10.0. The number of hydrogen-bond acceptors (Lipinski definition) is 5. The summed E-state index contributed by atoms with van der Waals surface area (Å²) in [5.74, 6) is 0.306. The molecule has 1 amide bonds. The summed E-state index contributed by atoms with van der Waals surface area (Å²) in [6.07, 6.45) is 5.11. The van der Waals surface area contributed by atoms with Crippen LogP contribution in [0.4, 0.5) is 10.3 Å². The summed E-state index contributed by atoms with van der Waals surface area (Å²) in [4.78, 5) is 26.0. The quantitative estimate of drug-likeness (QED) is 0.716. The second-order valence-corrected chi connectivity index (χ2v) is 7.87. The molecule has 1 atom stereocenters. The van der Waals surface area contributed by atoms with E-state index in [0.717, 1.165) is 35.4 Å². The van der Waals surface area contributed by atoms with E-state index in [1.807, 2.05) is 36.9 Å². The number of amides is 1. The minimum Gasteiger partial charge on any atom is -0.347 e. The molecule has 0 unspecified atom stereocenters. The number of H-pyrrole nitrogens is 1. The standard InChI is InChI=1S/C22H25FN6O/c1-14-18(12-25-27-14)21(30)29-9-5-7-16(13-29)20-19(11-24-22(26-20)28(2)3)15-6-4-8-17(23)10-15/h4,6,8,10-12,16H,5,7,9,13H2,1-3H3,(H,25,27)/t16-/m1/s1. The van der Waals surface area contributed by atoms with Crippen LogP contribution < -0.4 is 4.90 Å². The molecule has 3 aromatic rings. The number of anilines is 1. The lowest BCUT2D eigenvalue weighted by Crippen LogP contribution is -2.39. The van der Waals surface area contributed by atoms with Crippen molar-refractivity contribution in [3.8, 4) is 11.1 Å². The highest BCUT2D eigenvalue weighted by Crippen LogP contribution is 2.34. The van der Waals surface area contributed by atoms with Crippen molar-refractivity contribution >= 4 is 11.9 Å². The third-order valence-electron chi connectivity index (χ3n) is 5.50. The molecule has 0 saturated carbocycles. The van der Waals surface area contributed by atoms with Crippen molar-refractivity contribution < 1.29 is 9.18 Å². The van der Waals surface area contributed by atoms with Crippen LogP contribution in [-0.2, 0) is 0 Å². The van der Waals surface area contributed by atoms with E-state index >= 15 is 0 Å². The fourth-order valence-electron chi connectivity index (χ4n) is 3.91. The van der Waals surface area contributed by atoms with Crippen LogP contribution in [0, 0.1) is 12.7 Å². The molecule has 7 nitrogen and oxygen atoms in total. The predicted molar refractivity (Wildman–Crippen MR) is 113 cm³/mol. The Morgan fingerprint density at radius 1 is 1.30 bits per heavy atom. The van der Waals surface area contributed by atoms with Gasteiger partial charge in [0.15, 0.2) is 0 Å². The Kier molecular flexibility index (Phi) is 5.48. The van der Waals surface area contributed by atoms with Gasteiger partial charge in [0.05, 0.1) is 17.5 Å². The molecule has 1 aliphatic heterocycles. The monoisotopic (exact) mass is 408 g/mol. The lowest BCUT2D eigenvalue weighted by molar-refractivity contribution is 0.0705. The summed E-state index contributed by atoms with van der Waals surface area (Å²) in [5, 5.41) is 6.80. The fraction of sp³-hybridized carbons (Fsp3) is 0.364. The first kappa shape index (κ1) is 20.0. The number of carbonyl (C=O) groups excluding carboxylic acids is 1. The number of likely N-dealkylation sites (tertiary alicyclic amines) is 1. The minimum atomic E-state index is -0.300. The van der Waals surface area contributed by atoms with Gasteiger partial charge in [0.25, 0.3) is 5.91 Å². The topological polar surface area (TPSA) is 78.0 Å². The summed E-state index contributed by atoms with van der Waals surface area (Å²) in [7, 11) is 3.78. The molecule has 0 aliphatic carbocycles. The van der Waals surface area contributed by atoms with Crippen LogP contribution in [0.15, 0.2) is 36.7 Å². The normalized spacial score (nSPS) is 16.5. The van der Waals surface area contributed by atoms with E-state index in [1.54, 1.807) is 18.5 Å². The largest absolute Gasteiger partial charge is 0.347 e. The second-order valence-electron chi connectivity index (χ2n) is 7.87. The Balaban J connectivity index is 1.70. The fourth-order valence-corrected chi connectivity index (χ4v) is 3.91. The highest BCUT2D eigenvalue weighted by Gasteiger charge is 2.29. The van der Waals surface area contributed by atoms with E-state index in [-0.39, 0.29) is 17.6 Å². The van der Waals surface area contributed by atoms with Crippen molar-refractivity contribution in [3.63, 3.8) is 0 Å². The molecule has 2 aromatic heterocycles. The Labute approximate surface area is 175 Å². The van der Waals surface area contributed by atoms with Gasteiger partial charge in [-0.2, -0.15) is 5.10 Å². The Morgan fingerprint density at radius 3 is 2.83 bits per heavy atom. The first-order chi connectivity index (χ1) is 14.4. The van der Waals surface area contributed by atoms with Gasteiger partial charge in [-0.1, -0.05) is 12.1 Å². The Hall–Kier alpha value is -3.29. The Morgan fingerprint density at radius 2 is 2.13 bits per heavy atom. The molecule has 1 aliphatic rings. The lowest BCUT2D eigenvalue weighted by atomic mass is 9.89. The zero-order chi connectivity index (χ0) is 21.3. The smallest absolute Gasteiger partial charge is 0.257 e. The third-order valence-corrected chi connectivity index (χ3v) is 5.50. The van der Waals surface area contributed by atoms with Gasteiger partial charge in [-0.25, -0.2) is 14.4 Å². The lowest BCUT2D eigenvalue weighted by Gasteiger charge is -2.33. The van der Waals surface area contributed by atoms with Gasteiger partial charge in [0.2, 0.25) is 5.95 Å². The van der Waals surface area contributed by atoms with Crippen molar-refractivity contribution in [2.75, 3.05) is 32.1 Å². The molecule has 4 rings (SSSR count). The minimum absolute atomic E-state index is 0.0276. The molecular formula is C22H25FN6O. The maximum atomic E-state index is 13.9. The molecule has 1 aromatic carbocycles. The van der Waals surface area contributed by atoms with E-state index in [1.165, 1.54) is 12.1 Å². The predicted octanol–water partition coefficient (Wildman–Crippen LogP) is 3.40. The number of aryl methyl sites for hydroxylation is 1. The maximum absolute atomic E-state index is 13.9. The van der Waals surface area contributed by atoms with Crippen LogP contribution in [0.3, 0.4) is 0 Å². The van der Waals surface area contributed by atoms with Gasteiger partial charge in [0.1, 0.15) is 5.82 Å². The molecule has 1 fully saturated rings. The van der Waals surface area contributed by atoms with E-state index in [9.17, 15) is 9.18 Å². The molecule has 156 valence electrons. The summed E-state index contributed by atoms with van der Waals surface area (Å²) in [5.41, 5.74) is 3.75. The molecule has 1 N–H and O–H groups in total. The van der Waals surface area contributed by atoms with E-state index < -0.39 is 0 Å². The number of benzene rings is 1. The van der Waals surface area contributed by atoms with Gasteiger partial charge in [-0.05, 0) is 37.5 Å². The van der Waals surface area contributed by atoms with E-state index in [2.05, 4.69) is 15.2 Å². The van der Waals surface area contributed by atoms with Crippen LogP contribution in [0.1, 0.15) is 40.5 Å². The molecule has 3 heterocycles. The Bertz CT molecular complexity index is 1060. The highest BCUT2D eigenvalue weighted by molar-refractivity contribution is 5.95. The van der Waals surface area contributed by atoms with Crippen LogP contribution in [0.2, 0.25) is 0 Å². The highest BCUT2D eigenvalue weighted by atomic mass is 19.1. The number of aromatic nitrogens is 4. The van der Waals surface area contributed by atoms with Crippen LogP contribution in [0.25, 0.3) is 11.1 Å². The molecule has 0 spiro atoms. The summed E-state index contributed by atoms with van der Waals surface area (Å²) in [6, 6.07) is 6.47. The third kappa shape index (κ3) is 3.90. The van der Waals surface area contributed by atoms with Crippen molar-refractivity contribution in [1.29, 1.82) is 0 Å². The summed E-state index contributed by atoms with van der Waals surface area (Å²) >= 11 is 0. The number of piperidine rings is 1. The number of carbonyl (C=O) groups is 1. The molecule has 0 bridgehead atoms. The van der Waals surface area contributed by atoms with Crippen LogP contribution in [0.5, 0.6) is 0 Å². The second kappa shape index (κ2) is 8.22. The average molecular weight is 408 g/mol. The average Bonchev–Trinajstić information content (AvgIpc) is 3.18. The number of nitrogens with one attached hydrogen (secondary N) is 1. The van der Waals surface area contributed by atoms with Gasteiger partial charge < -0.3 is 9.80 Å². The molecular weight excluding hydrogens is 383 g/mol. The number of rotatable bonds is 4. The number of nitrogens with zero attached hydrogens (tertiary/aromatic N) is 5. The van der Waals surface area contributed by atoms with E-state index in [4.69, 9.17) is 4.98 Å². The van der Waals surface area contributed by atoms with Crippen molar-refractivity contribution in [3.05, 3.63) is 59.4 Å². The van der Waals surface area contributed by atoms with Crippen LogP contribution >= 0.6 is 0 Å². The van der Waals surface area contributed by atoms with E-state index in [0.29, 0.717) is 24.6 Å². The van der Waals surface area contributed by atoms with Crippen LogP contribution in [-0.4, -0.2) is 58.2 Å². The number of aromatic amines is 1. The molecule has 30 heavy (non-hydrogen) atoms.